The van der Waals surface area contributed by atoms with Gasteiger partial charge in [0, 0.05) is 64.1 Å². The molecule has 5 nitrogen and oxygen atoms in total. The summed E-state index contributed by atoms with van der Waals surface area (Å²) >= 11 is 1.82. The largest absolute Gasteiger partial charge is 0.307 e. The maximum atomic E-state index is 5.24. The number of hydrogen-bond acceptors (Lipinski definition) is 4. The molecule has 0 radical (unpaired) electrons. The number of rotatable bonds is 6. The molecule has 0 aliphatic carbocycles. The molecule has 0 atom stereocenters. The predicted octanol–water partition coefficient (Wildman–Crippen LogP) is 15.1. The lowest BCUT2D eigenvalue weighted by Crippen LogP contribution is -2.01. The lowest BCUT2D eigenvalue weighted by atomic mass is 10.0. The third-order valence-corrected chi connectivity index (χ3v) is 13.5. The second kappa shape index (κ2) is 14.2. The van der Waals surface area contributed by atoms with E-state index in [0.29, 0.717) is 17.5 Å². The lowest BCUT2D eigenvalue weighted by molar-refractivity contribution is 1.08. The molecule has 63 heavy (non-hydrogen) atoms. The van der Waals surface area contributed by atoms with Gasteiger partial charge in [-0.15, -0.1) is 11.3 Å². The molecule has 0 unspecified atom stereocenters. The molecule has 294 valence electrons. The third-order valence-electron chi connectivity index (χ3n) is 12.4. The number of benzene rings is 9. The molecule has 0 spiro atoms. The Balaban J connectivity index is 1.14. The standard InChI is InChI=1S/C57H35N5S/c1-5-17-36(18-6-1)39-31-33-47-45(35-39)41-25-13-14-28-46(41)62(47)48-29-15-26-42-43-32-34-50-52(54(43)61(53(42)48)40-23-11-4-12-24-40)51-44(27-16-30-49(51)63-50)57-59-55(37-19-7-2-8-20-37)58-56(60-57)38-21-9-3-10-22-38/h1-35H. The van der Waals surface area contributed by atoms with Gasteiger partial charge in [-0.1, -0.05) is 164 Å². The SMILES string of the molecule is c1ccc(-c2ccc3c(c2)c2ccccc2n3-c2cccc3c4ccc5sc6cccc(-c7nc(-c8ccccc8)nc(-c8ccccc8)n7)c6c5c4n(-c4ccccc4)c23)cc1. The number of para-hydroxylation sites is 3. The van der Waals surface area contributed by atoms with E-state index in [2.05, 4.69) is 185 Å². The zero-order valence-corrected chi connectivity index (χ0v) is 34.7. The van der Waals surface area contributed by atoms with E-state index in [-0.39, 0.29) is 0 Å². The van der Waals surface area contributed by atoms with E-state index in [1.54, 1.807) is 0 Å². The van der Waals surface area contributed by atoms with Crippen LogP contribution in [0.4, 0.5) is 0 Å². The van der Waals surface area contributed by atoms with Crippen LogP contribution in [0.5, 0.6) is 0 Å². The quantitative estimate of drug-likeness (QED) is 0.168. The number of thiophene rings is 1. The van der Waals surface area contributed by atoms with Gasteiger partial charge in [-0.3, -0.25) is 0 Å². The maximum absolute atomic E-state index is 5.24. The zero-order valence-electron chi connectivity index (χ0n) is 33.9. The van der Waals surface area contributed by atoms with Gasteiger partial charge >= 0.3 is 0 Å². The van der Waals surface area contributed by atoms with Gasteiger partial charge in [0.25, 0.3) is 0 Å². The molecule has 6 heteroatoms. The summed E-state index contributed by atoms with van der Waals surface area (Å²) in [6.07, 6.45) is 0. The lowest BCUT2D eigenvalue weighted by Gasteiger charge is -2.15. The Hall–Kier alpha value is -8.19. The molecule has 0 fully saturated rings. The molecule has 0 aliphatic heterocycles. The van der Waals surface area contributed by atoms with Gasteiger partial charge in [-0.2, -0.15) is 0 Å². The van der Waals surface area contributed by atoms with Gasteiger partial charge in [0.1, 0.15) is 0 Å². The molecular weight excluding hydrogens is 787 g/mol. The first kappa shape index (κ1) is 35.6. The normalized spacial score (nSPS) is 11.8. The van der Waals surface area contributed by atoms with Gasteiger partial charge in [0.15, 0.2) is 17.5 Å². The highest BCUT2D eigenvalue weighted by Gasteiger charge is 2.25. The van der Waals surface area contributed by atoms with E-state index < -0.39 is 0 Å². The summed E-state index contributed by atoms with van der Waals surface area (Å²) in [7, 11) is 0. The van der Waals surface area contributed by atoms with Crippen LogP contribution in [0, 0.1) is 0 Å². The van der Waals surface area contributed by atoms with Gasteiger partial charge in [-0.05, 0) is 59.7 Å². The van der Waals surface area contributed by atoms with E-state index in [4.69, 9.17) is 15.0 Å². The first-order valence-corrected chi connectivity index (χ1v) is 22.0. The monoisotopic (exact) mass is 821 g/mol. The minimum absolute atomic E-state index is 0.645. The Morgan fingerprint density at radius 1 is 0.333 bits per heavy atom. The van der Waals surface area contributed by atoms with Crippen molar-refractivity contribution in [3.05, 3.63) is 212 Å². The summed E-state index contributed by atoms with van der Waals surface area (Å²) in [5.41, 5.74) is 12.1. The van der Waals surface area contributed by atoms with Crippen molar-refractivity contribution < 1.29 is 0 Å². The fraction of sp³-hybridized carbons (Fsp3) is 0. The van der Waals surface area contributed by atoms with E-state index in [1.807, 2.05) is 47.7 Å². The third kappa shape index (κ3) is 5.59. The Kier molecular flexibility index (Phi) is 8.01. The van der Waals surface area contributed by atoms with Crippen LogP contribution >= 0.6 is 11.3 Å². The summed E-state index contributed by atoms with van der Waals surface area (Å²) in [5.74, 6) is 1.94. The fourth-order valence-electron chi connectivity index (χ4n) is 9.61. The second-order valence-corrected chi connectivity index (χ2v) is 17.0. The Bertz CT molecular complexity index is 3830. The van der Waals surface area contributed by atoms with E-state index >= 15 is 0 Å². The highest BCUT2D eigenvalue weighted by molar-refractivity contribution is 7.26. The summed E-state index contributed by atoms with van der Waals surface area (Å²) in [6, 6.07) is 75.6. The molecule has 0 amide bonds. The summed E-state index contributed by atoms with van der Waals surface area (Å²) in [4.78, 5) is 15.5. The summed E-state index contributed by atoms with van der Waals surface area (Å²) in [5, 5.41) is 7.16. The Morgan fingerprint density at radius 3 is 1.63 bits per heavy atom. The average Bonchev–Trinajstić information content (AvgIpc) is 4.02. The van der Waals surface area contributed by atoms with Crippen LogP contribution in [0.2, 0.25) is 0 Å². The van der Waals surface area contributed by atoms with Crippen LogP contribution < -0.4 is 0 Å². The molecule has 4 heterocycles. The highest BCUT2D eigenvalue weighted by atomic mass is 32.1. The molecule has 0 N–H and O–H groups in total. The maximum Gasteiger partial charge on any atom is 0.164 e. The van der Waals surface area contributed by atoms with Crippen LogP contribution in [0.15, 0.2) is 212 Å². The molecule has 13 rings (SSSR count). The molecule has 0 aliphatic rings. The molecule has 0 saturated carbocycles. The van der Waals surface area contributed by atoms with E-state index in [0.717, 1.165) is 44.5 Å². The minimum Gasteiger partial charge on any atom is -0.307 e. The van der Waals surface area contributed by atoms with Gasteiger partial charge in [0.05, 0.1) is 27.8 Å². The van der Waals surface area contributed by atoms with E-state index in [1.165, 1.54) is 58.5 Å². The van der Waals surface area contributed by atoms with Crippen molar-refractivity contribution in [1.82, 2.24) is 24.1 Å². The van der Waals surface area contributed by atoms with Crippen molar-refractivity contribution in [3.63, 3.8) is 0 Å². The number of hydrogen-bond donors (Lipinski definition) is 0. The van der Waals surface area contributed by atoms with Crippen molar-refractivity contribution in [2.24, 2.45) is 0 Å². The molecular formula is C57H35N5S. The molecule has 0 bridgehead atoms. The first-order valence-electron chi connectivity index (χ1n) is 21.2. The molecule has 13 aromatic rings. The average molecular weight is 822 g/mol. The van der Waals surface area contributed by atoms with Crippen molar-refractivity contribution in [2.75, 3.05) is 0 Å². The molecule has 9 aromatic carbocycles. The smallest absolute Gasteiger partial charge is 0.164 e. The van der Waals surface area contributed by atoms with Gasteiger partial charge < -0.3 is 9.13 Å². The predicted molar refractivity (Wildman–Crippen MR) is 263 cm³/mol. The highest BCUT2D eigenvalue weighted by Crippen LogP contribution is 2.47. The second-order valence-electron chi connectivity index (χ2n) is 15.9. The molecule has 0 saturated heterocycles. The van der Waals surface area contributed by atoms with Crippen molar-refractivity contribution in [3.8, 4) is 56.7 Å². The van der Waals surface area contributed by atoms with E-state index in [9.17, 15) is 0 Å². The van der Waals surface area contributed by atoms with Crippen LogP contribution in [0.3, 0.4) is 0 Å². The number of fused-ring (bicyclic) bond motifs is 10. The fourth-order valence-corrected chi connectivity index (χ4v) is 10.7. The van der Waals surface area contributed by atoms with Crippen LogP contribution in [-0.4, -0.2) is 24.1 Å². The summed E-state index contributed by atoms with van der Waals surface area (Å²) < 4.78 is 7.36. The van der Waals surface area contributed by atoms with Crippen molar-refractivity contribution in [1.29, 1.82) is 0 Å². The van der Waals surface area contributed by atoms with Crippen LogP contribution in [0.25, 0.3) is 120 Å². The Morgan fingerprint density at radius 2 is 0.905 bits per heavy atom. The van der Waals surface area contributed by atoms with Crippen LogP contribution in [0.1, 0.15) is 0 Å². The van der Waals surface area contributed by atoms with Crippen molar-refractivity contribution >= 4 is 75.1 Å². The van der Waals surface area contributed by atoms with Crippen molar-refractivity contribution in [2.45, 2.75) is 0 Å². The number of aromatic nitrogens is 5. The zero-order chi connectivity index (χ0) is 41.4. The Labute approximate surface area is 366 Å². The summed E-state index contributed by atoms with van der Waals surface area (Å²) in [6.45, 7) is 0. The van der Waals surface area contributed by atoms with Gasteiger partial charge in [-0.25, -0.2) is 15.0 Å². The minimum atomic E-state index is 0.645. The van der Waals surface area contributed by atoms with Crippen LogP contribution in [-0.2, 0) is 0 Å². The first-order chi connectivity index (χ1) is 31.3. The molecule has 4 aromatic heterocycles. The number of nitrogens with zero attached hydrogens (tertiary/aromatic N) is 5. The topological polar surface area (TPSA) is 48.5 Å². The van der Waals surface area contributed by atoms with Gasteiger partial charge in [0.2, 0.25) is 0 Å².